The number of hydrogen-bond donors (Lipinski definition) is 1. The second kappa shape index (κ2) is 4.01. The standard InChI is InChI=1S/C12H17NO/c1-9-4-3-5-11(12(9)14-2)10-6-7-13-8-10/h3-5,10,13H,6-8H2,1-2H3. The van der Waals surface area contributed by atoms with E-state index in [1.165, 1.54) is 17.5 Å². The highest BCUT2D eigenvalue weighted by atomic mass is 16.5. The van der Waals surface area contributed by atoms with Gasteiger partial charge < -0.3 is 10.1 Å². The number of ether oxygens (including phenoxy) is 1. The van der Waals surface area contributed by atoms with Crippen molar-refractivity contribution < 1.29 is 4.74 Å². The lowest BCUT2D eigenvalue weighted by Gasteiger charge is -2.15. The molecule has 1 aromatic rings. The number of rotatable bonds is 2. The Balaban J connectivity index is 2.35. The molecule has 2 rings (SSSR count). The number of para-hydroxylation sites is 1. The summed E-state index contributed by atoms with van der Waals surface area (Å²) in [6.07, 6.45) is 1.22. The number of nitrogens with one attached hydrogen (secondary N) is 1. The summed E-state index contributed by atoms with van der Waals surface area (Å²) in [5, 5.41) is 3.39. The molecule has 0 aliphatic carbocycles. The molecule has 1 aromatic carbocycles. The molecule has 1 fully saturated rings. The smallest absolute Gasteiger partial charge is 0.125 e. The molecular formula is C12H17NO. The summed E-state index contributed by atoms with van der Waals surface area (Å²) in [7, 11) is 1.76. The van der Waals surface area contributed by atoms with Crippen LogP contribution in [0.1, 0.15) is 23.5 Å². The van der Waals surface area contributed by atoms with E-state index >= 15 is 0 Å². The first-order valence-corrected chi connectivity index (χ1v) is 5.17. The van der Waals surface area contributed by atoms with Gasteiger partial charge in [-0.1, -0.05) is 18.2 Å². The van der Waals surface area contributed by atoms with Crippen LogP contribution in [0.4, 0.5) is 0 Å². The van der Waals surface area contributed by atoms with Gasteiger partial charge in [-0.15, -0.1) is 0 Å². The Kier molecular flexibility index (Phi) is 2.73. The maximum absolute atomic E-state index is 5.46. The van der Waals surface area contributed by atoms with Crippen molar-refractivity contribution in [2.24, 2.45) is 0 Å². The third kappa shape index (κ3) is 1.62. The molecule has 1 unspecified atom stereocenters. The topological polar surface area (TPSA) is 21.3 Å². The van der Waals surface area contributed by atoms with Gasteiger partial charge in [0.1, 0.15) is 5.75 Å². The first-order valence-electron chi connectivity index (χ1n) is 5.17. The van der Waals surface area contributed by atoms with Crippen molar-refractivity contribution in [2.45, 2.75) is 19.3 Å². The third-order valence-electron chi connectivity index (χ3n) is 2.95. The highest BCUT2D eigenvalue weighted by Crippen LogP contribution is 2.32. The van der Waals surface area contributed by atoms with Crippen LogP contribution >= 0.6 is 0 Å². The SMILES string of the molecule is COc1c(C)cccc1C1CCNC1. The normalized spacial score (nSPS) is 21.1. The predicted molar refractivity (Wildman–Crippen MR) is 58.0 cm³/mol. The van der Waals surface area contributed by atoms with Crippen LogP contribution in [0.2, 0.25) is 0 Å². The van der Waals surface area contributed by atoms with E-state index in [2.05, 4.69) is 30.4 Å². The Bertz CT molecular complexity index is 316. The fourth-order valence-electron chi connectivity index (χ4n) is 2.20. The van der Waals surface area contributed by atoms with E-state index in [0.29, 0.717) is 5.92 Å². The molecule has 0 aromatic heterocycles. The van der Waals surface area contributed by atoms with Crippen molar-refractivity contribution >= 4 is 0 Å². The molecule has 76 valence electrons. The molecule has 1 aliphatic heterocycles. The Hall–Kier alpha value is -1.02. The van der Waals surface area contributed by atoms with Gasteiger partial charge in [-0.2, -0.15) is 0 Å². The van der Waals surface area contributed by atoms with E-state index in [4.69, 9.17) is 4.74 Å². The van der Waals surface area contributed by atoms with Crippen LogP contribution in [0.3, 0.4) is 0 Å². The first kappa shape index (κ1) is 9.53. The zero-order chi connectivity index (χ0) is 9.97. The van der Waals surface area contributed by atoms with Crippen LogP contribution in [0.5, 0.6) is 5.75 Å². The van der Waals surface area contributed by atoms with Crippen molar-refractivity contribution in [3.8, 4) is 5.75 Å². The fraction of sp³-hybridized carbons (Fsp3) is 0.500. The molecule has 1 aliphatic rings. The largest absolute Gasteiger partial charge is 0.496 e. The van der Waals surface area contributed by atoms with Crippen molar-refractivity contribution in [2.75, 3.05) is 20.2 Å². The van der Waals surface area contributed by atoms with Crippen molar-refractivity contribution in [1.29, 1.82) is 0 Å². The molecule has 1 saturated heterocycles. The van der Waals surface area contributed by atoms with Crippen LogP contribution in [0.15, 0.2) is 18.2 Å². The van der Waals surface area contributed by atoms with Crippen LogP contribution in [0.25, 0.3) is 0 Å². The molecule has 2 heteroatoms. The molecule has 0 radical (unpaired) electrons. The lowest BCUT2D eigenvalue weighted by Crippen LogP contribution is -2.09. The van der Waals surface area contributed by atoms with Gasteiger partial charge in [-0.25, -0.2) is 0 Å². The van der Waals surface area contributed by atoms with Gasteiger partial charge in [0.05, 0.1) is 7.11 Å². The van der Waals surface area contributed by atoms with Crippen molar-refractivity contribution in [3.05, 3.63) is 29.3 Å². The summed E-state index contributed by atoms with van der Waals surface area (Å²) < 4.78 is 5.46. The van der Waals surface area contributed by atoms with Crippen LogP contribution in [-0.4, -0.2) is 20.2 Å². The summed E-state index contributed by atoms with van der Waals surface area (Å²) in [5.74, 6) is 1.70. The lowest BCUT2D eigenvalue weighted by atomic mass is 9.95. The Labute approximate surface area is 85.3 Å². The van der Waals surface area contributed by atoms with Crippen molar-refractivity contribution in [1.82, 2.24) is 5.32 Å². The van der Waals surface area contributed by atoms with E-state index < -0.39 is 0 Å². The average molecular weight is 191 g/mol. The number of aryl methyl sites for hydroxylation is 1. The van der Waals surface area contributed by atoms with Crippen LogP contribution in [0, 0.1) is 6.92 Å². The minimum Gasteiger partial charge on any atom is -0.496 e. The average Bonchev–Trinajstić information content (AvgIpc) is 2.70. The van der Waals surface area contributed by atoms with Crippen LogP contribution < -0.4 is 10.1 Å². The zero-order valence-corrected chi connectivity index (χ0v) is 8.84. The quantitative estimate of drug-likeness (QED) is 0.772. The number of hydrogen-bond acceptors (Lipinski definition) is 2. The summed E-state index contributed by atoms with van der Waals surface area (Å²) in [5.41, 5.74) is 2.59. The lowest BCUT2D eigenvalue weighted by molar-refractivity contribution is 0.403. The Morgan fingerprint density at radius 1 is 1.43 bits per heavy atom. The van der Waals surface area contributed by atoms with Crippen LogP contribution in [-0.2, 0) is 0 Å². The maximum atomic E-state index is 5.46. The van der Waals surface area contributed by atoms with E-state index in [0.717, 1.165) is 18.8 Å². The molecule has 14 heavy (non-hydrogen) atoms. The van der Waals surface area contributed by atoms with Gasteiger partial charge in [-0.3, -0.25) is 0 Å². The molecular weight excluding hydrogens is 174 g/mol. The minimum atomic E-state index is 0.629. The second-order valence-corrected chi connectivity index (χ2v) is 3.89. The monoisotopic (exact) mass is 191 g/mol. The Morgan fingerprint density at radius 2 is 2.29 bits per heavy atom. The van der Waals surface area contributed by atoms with Gasteiger partial charge in [0.2, 0.25) is 0 Å². The minimum absolute atomic E-state index is 0.629. The molecule has 0 amide bonds. The molecule has 0 bridgehead atoms. The van der Waals surface area contributed by atoms with Gasteiger partial charge in [0.25, 0.3) is 0 Å². The highest BCUT2D eigenvalue weighted by Gasteiger charge is 2.20. The van der Waals surface area contributed by atoms with Gasteiger partial charge in [0.15, 0.2) is 0 Å². The maximum Gasteiger partial charge on any atom is 0.125 e. The molecule has 1 atom stereocenters. The van der Waals surface area contributed by atoms with E-state index in [9.17, 15) is 0 Å². The zero-order valence-electron chi connectivity index (χ0n) is 8.84. The van der Waals surface area contributed by atoms with Gasteiger partial charge >= 0.3 is 0 Å². The molecule has 1 N–H and O–H groups in total. The van der Waals surface area contributed by atoms with E-state index in [1.807, 2.05) is 0 Å². The number of benzene rings is 1. The predicted octanol–water partition coefficient (Wildman–Crippen LogP) is 2.08. The molecule has 1 heterocycles. The third-order valence-corrected chi connectivity index (χ3v) is 2.95. The highest BCUT2D eigenvalue weighted by molar-refractivity contribution is 5.43. The molecule has 0 spiro atoms. The second-order valence-electron chi connectivity index (χ2n) is 3.89. The first-order chi connectivity index (χ1) is 6.83. The Morgan fingerprint density at radius 3 is 2.93 bits per heavy atom. The van der Waals surface area contributed by atoms with Crippen molar-refractivity contribution in [3.63, 3.8) is 0 Å². The molecule has 0 saturated carbocycles. The number of methoxy groups -OCH3 is 1. The van der Waals surface area contributed by atoms with Gasteiger partial charge in [0, 0.05) is 12.5 Å². The summed E-state index contributed by atoms with van der Waals surface area (Å²) in [6.45, 7) is 4.31. The van der Waals surface area contributed by atoms with E-state index in [1.54, 1.807) is 7.11 Å². The fourth-order valence-corrected chi connectivity index (χ4v) is 2.20. The van der Waals surface area contributed by atoms with Gasteiger partial charge in [-0.05, 0) is 31.0 Å². The van der Waals surface area contributed by atoms with E-state index in [-0.39, 0.29) is 0 Å². The summed E-state index contributed by atoms with van der Waals surface area (Å²) in [4.78, 5) is 0. The summed E-state index contributed by atoms with van der Waals surface area (Å²) in [6, 6.07) is 6.40. The molecule has 2 nitrogen and oxygen atoms in total. The summed E-state index contributed by atoms with van der Waals surface area (Å²) >= 11 is 0.